The summed E-state index contributed by atoms with van der Waals surface area (Å²) >= 11 is 0. The first-order valence-corrected chi connectivity index (χ1v) is 6.89. The van der Waals surface area contributed by atoms with Gasteiger partial charge >= 0.3 is 0 Å². The number of nitrogens with one attached hydrogen (secondary N) is 1. The zero-order valence-corrected chi connectivity index (χ0v) is 10.6. The molecule has 0 radical (unpaired) electrons. The highest BCUT2D eigenvalue weighted by molar-refractivity contribution is 5.36. The smallest absolute Gasteiger partial charge is 0.205 e. The number of hydrogen-bond acceptors (Lipinski definition) is 3. The fourth-order valence-electron chi connectivity index (χ4n) is 2.74. The third kappa shape index (κ3) is 2.32. The van der Waals surface area contributed by atoms with Gasteiger partial charge in [0.05, 0.1) is 0 Å². The molecule has 3 rings (SSSR count). The summed E-state index contributed by atoms with van der Waals surface area (Å²) in [6.07, 6.45) is 9.33. The van der Waals surface area contributed by atoms with Gasteiger partial charge in [0.2, 0.25) is 5.95 Å². The molecule has 0 amide bonds. The van der Waals surface area contributed by atoms with Crippen molar-refractivity contribution >= 4 is 5.95 Å². The number of nitrogens with zero attached hydrogens (tertiary/aromatic N) is 3. The molecule has 4 nitrogen and oxygen atoms in total. The normalized spacial score (nSPS) is 24.2. The van der Waals surface area contributed by atoms with E-state index >= 15 is 0 Å². The van der Waals surface area contributed by atoms with Crippen LogP contribution >= 0.6 is 0 Å². The van der Waals surface area contributed by atoms with Gasteiger partial charge in [-0.05, 0) is 39.2 Å². The molecule has 17 heavy (non-hydrogen) atoms. The second-order valence-corrected chi connectivity index (χ2v) is 5.19. The fraction of sp³-hybridized carbons (Fsp3) is 0.769. The van der Waals surface area contributed by atoms with Crippen molar-refractivity contribution in [3.05, 3.63) is 12.4 Å². The molecule has 1 atom stereocenters. The predicted octanol–water partition coefficient (Wildman–Crippen LogP) is 1.62. The van der Waals surface area contributed by atoms with Crippen molar-refractivity contribution in [1.29, 1.82) is 0 Å². The van der Waals surface area contributed by atoms with Crippen molar-refractivity contribution in [3.8, 4) is 0 Å². The topological polar surface area (TPSA) is 33.1 Å². The van der Waals surface area contributed by atoms with E-state index in [4.69, 9.17) is 0 Å². The first-order valence-electron chi connectivity index (χ1n) is 6.89. The Balaban J connectivity index is 1.74. The average molecular weight is 234 g/mol. The van der Waals surface area contributed by atoms with Gasteiger partial charge in [0.25, 0.3) is 0 Å². The molecular weight excluding hydrogens is 212 g/mol. The molecule has 0 aromatic carbocycles. The first kappa shape index (κ1) is 11.1. The molecule has 1 saturated heterocycles. The minimum Gasteiger partial charge on any atom is -0.338 e. The molecule has 1 aliphatic heterocycles. The summed E-state index contributed by atoms with van der Waals surface area (Å²) in [5.74, 6) is 1.17. The van der Waals surface area contributed by atoms with E-state index in [2.05, 4.69) is 32.9 Å². The van der Waals surface area contributed by atoms with Crippen molar-refractivity contribution in [2.75, 3.05) is 18.0 Å². The molecule has 2 aliphatic rings. The number of aromatic nitrogens is 2. The minimum absolute atomic E-state index is 0.664. The van der Waals surface area contributed by atoms with Gasteiger partial charge in [-0.3, -0.25) is 0 Å². The summed E-state index contributed by atoms with van der Waals surface area (Å²) in [5, 5.41) is 3.59. The maximum absolute atomic E-state index is 4.55. The van der Waals surface area contributed by atoms with Crippen LogP contribution in [0, 0.1) is 0 Å². The molecule has 1 unspecified atom stereocenters. The highest BCUT2D eigenvalue weighted by Gasteiger charge is 2.33. The predicted molar refractivity (Wildman–Crippen MR) is 69.3 cm³/mol. The second-order valence-electron chi connectivity index (χ2n) is 5.19. The highest BCUT2D eigenvalue weighted by atomic mass is 15.3. The monoisotopic (exact) mass is 234 g/mol. The summed E-state index contributed by atoms with van der Waals surface area (Å²) in [6, 6.07) is 1.41. The quantitative estimate of drug-likeness (QED) is 0.840. The maximum Gasteiger partial charge on any atom is 0.205 e. The van der Waals surface area contributed by atoms with Crippen LogP contribution in [0.25, 0.3) is 0 Å². The zero-order valence-electron chi connectivity index (χ0n) is 10.6. The van der Waals surface area contributed by atoms with Gasteiger partial charge in [-0.1, -0.05) is 0 Å². The molecule has 2 fully saturated rings. The van der Waals surface area contributed by atoms with E-state index in [1.54, 1.807) is 0 Å². The zero-order chi connectivity index (χ0) is 11.7. The molecule has 2 heterocycles. The van der Waals surface area contributed by atoms with Crippen LogP contribution < -0.4 is 10.2 Å². The van der Waals surface area contributed by atoms with E-state index in [0.717, 1.165) is 19.1 Å². The second kappa shape index (κ2) is 4.69. The molecule has 1 saturated carbocycles. The molecule has 1 N–H and O–H groups in total. The number of rotatable bonds is 5. The molecule has 1 aliphatic carbocycles. The lowest BCUT2D eigenvalue weighted by atomic mass is 10.2. The molecule has 0 spiro atoms. The van der Waals surface area contributed by atoms with Crippen molar-refractivity contribution in [2.24, 2.45) is 0 Å². The summed E-state index contributed by atoms with van der Waals surface area (Å²) in [6.45, 7) is 5.51. The van der Waals surface area contributed by atoms with Crippen molar-refractivity contribution in [2.45, 2.75) is 51.2 Å². The minimum atomic E-state index is 0.664. The van der Waals surface area contributed by atoms with Gasteiger partial charge in [0.15, 0.2) is 0 Å². The third-order valence-corrected chi connectivity index (χ3v) is 3.86. The van der Waals surface area contributed by atoms with E-state index in [0.29, 0.717) is 6.04 Å². The molecule has 4 heteroatoms. The molecule has 1 aromatic heterocycles. The number of aryl methyl sites for hydroxylation is 1. The number of anilines is 1. The van der Waals surface area contributed by atoms with Crippen molar-refractivity contribution in [1.82, 2.24) is 14.9 Å². The number of imidazole rings is 1. The Morgan fingerprint density at radius 2 is 2.35 bits per heavy atom. The van der Waals surface area contributed by atoms with E-state index in [-0.39, 0.29) is 0 Å². The van der Waals surface area contributed by atoms with Crippen LogP contribution in [0.3, 0.4) is 0 Å². The Labute approximate surface area is 103 Å². The van der Waals surface area contributed by atoms with Crippen LogP contribution in [0.5, 0.6) is 0 Å². The summed E-state index contributed by atoms with van der Waals surface area (Å²) in [7, 11) is 0. The Kier molecular flexibility index (Phi) is 3.05. The Morgan fingerprint density at radius 1 is 1.47 bits per heavy atom. The highest BCUT2D eigenvalue weighted by Crippen LogP contribution is 2.31. The van der Waals surface area contributed by atoms with Gasteiger partial charge in [-0.2, -0.15) is 0 Å². The summed E-state index contributed by atoms with van der Waals surface area (Å²) in [5.41, 5.74) is 0. The maximum atomic E-state index is 4.55. The lowest BCUT2D eigenvalue weighted by molar-refractivity contribution is 0.562. The van der Waals surface area contributed by atoms with Gasteiger partial charge in [-0.15, -0.1) is 0 Å². The summed E-state index contributed by atoms with van der Waals surface area (Å²) < 4.78 is 2.26. The van der Waals surface area contributed by atoms with Crippen LogP contribution in [0.2, 0.25) is 0 Å². The molecular formula is C13H22N4. The van der Waals surface area contributed by atoms with E-state index in [9.17, 15) is 0 Å². The molecule has 1 aromatic rings. The van der Waals surface area contributed by atoms with E-state index in [1.807, 2.05) is 6.20 Å². The first-order chi connectivity index (χ1) is 8.38. The third-order valence-electron chi connectivity index (χ3n) is 3.86. The summed E-state index contributed by atoms with van der Waals surface area (Å²) in [4.78, 5) is 7.07. The molecule has 94 valence electrons. The Hall–Kier alpha value is -1.03. The lowest BCUT2D eigenvalue weighted by Gasteiger charge is -2.27. The van der Waals surface area contributed by atoms with Crippen LogP contribution in [0.15, 0.2) is 12.4 Å². The standard InChI is InChI=1S/C13H22N4/c1-2-16-9-8-15-13(16)17(12-5-6-12)10-11-4-3-7-14-11/h8-9,11-12,14H,2-7,10H2,1H3. The van der Waals surface area contributed by atoms with Gasteiger partial charge in [0.1, 0.15) is 0 Å². The van der Waals surface area contributed by atoms with E-state index < -0.39 is 0 Å². The Bertz CT molecular complexity index is 363. The van der Waals surface area contributed by atoms with Gasteiger partial charge in [0, 0.05) is 37.6 Å². The molecule has 0 bridgehead atoms. The SMILES string of the molecule is CCn1ccnc1N(CC1CCCN1)C1CC1. The van der Waals surface area contributed by atoms with Crippen molar-refractivity contribution in [3.63, 3.8) is 0 Å². The van der Waals surface area contributed by atoms with Crippen LogP contribution in [-0.4, -0.2) is 34.7 Å². The van der Waals surface area contributed by atoms with Gasteiger partial charge < -0.3 is 14.8 Å². The van der Waals surface area contributed by atoms with E-state index in [1.165, 1.54) is 38.2 Å². The number of hydrogen-bond donors (Lipinski definition) is 1. The fourth-order valence-corrected chi connectivity index (χ4v) is 2.74. The van der Waals surface area contributed by atoms with Crippen molar-refractivity contribution < 1.29 is 0 Å². The largest absolute Gasteiger partial charge is 0.338 e. The van der Waals surface area contributed by atoms with Gasteiger partial charge in [-0.25, -0.2) is 4.98 Å². The average Bonchev–Trinajstić information content (AvgIpc) is 2.89. The van der Waals surface area contributed by atoms with Crippen LogP contribution in [-0.2, 0) is 6.54 Å². The Morgan fingerprint density at radius 3 is 3.00 bits per heavy atom. The lowest BCUT2D eigenvalue weighted by Crippen LogP contribution is -2.40. The van der Waals surface area contributed by atoms with Crippen LogP contribution in [0.4, 0.5) is 5.95 Å². The van der Waals surface area contributed by atoms with Crippen LogP contribution in [0.1, 0.15) is 32.6 Å².